The second-order valence-electron chi connectivity index (χ2n) is 12.6. The number of aromatic nitrogens is 1. The molecule has 1 aromatic heterocycles. The van der Waals surface area contributed by atoms with Gasteiger partial charge < -0.3 is 4.90 Å². The minimum atomic E-state index is 0.0123. The van der Waals surface area contributed by atoms with Gasteiger partial charge in [0.25, 0.3) is 5.82 Å². The van der Waals surface area contributed by atoms with E-state index in [1.54, 1.807) is 0 Å². The molecule has 0 spiro atoms. The summed E-state index contributed by atoms with van der Waals surface area (Å²) >= 11 is 0. The Bertz CT molecular complexity index is 1260. The molecule has 4 rings (SSSR count). The first-order chi connectivity index (χ1) is 16.2. The second kappa shape index (κ2) is 8.69. The summed E-state index contributed by atoms with van der Waals surface area (Å²) < 4.78 is 2.42. The van der Waals surface area contributed by atoms with Gasteiger partial charge >= 0.3 is 0 Å². The monoisotopic (exact) mass is 470 g/mol. The van der Waals surface area contributed by atoms with Crippen molar-refractivity contribution in [3.63, 3.8) is 0 Å². The van der Waals surface area contributed by atoms with Crippen molar-refractivity contribution in [2.75, 3.05) is 9.80 Å². The Kier molecular flexibility index (Phi) is 6.28. The lowest BCUT2D eigenvalue weighted by molar-refractivity contribution is -0.647. The molecule has 0 aliphatic carbocycles. The van der Waals surface area contributed by atoms with Crippen LogP contribution in [0, 0.1) is 26.2 Å². The fourth-order valence-corrected chi connectivity index (χ4v) is 5.86. The summed E-state index contributed by atoms with van der Waals surface area (Å²) in [5.74, 6) is 1.24. The maximum atomic E-state index is 2.56. The number of rotatable bonds is 3. The minimum Gasteiger partial charge on any atom is -0.325 e. The maximum Gasteiger partial charge on any atom is 0.284 e. The van der Waals surface area contributed by atoms with Crippen molar-refractivity contribution in [3.8, 4) is 11.3 Å². The molecule has 0 fully saturated rings. The molecule has 3 aromatic rings. The Balaban J connectivity index is 2.01. The number of aryl methyl sites for hydroxylation is 2. The van der Waals surface area contributed by atoms with E-state index in [0.717, 1.165) is 6.42 Å². The lowest BCUT2D eigenvalue weighted by Gasteiger charge is -2.37. The molecular formula is C32H44N3+. The summed E-state index contributed by atoms with van der Waals surface area (Å²) in [4.78, 5) is 5.10. The molecule has 186 valence electrons. The van der Waals surface area contributed by atoms with Crippen LogP contribution in [0.25, 0.3) is 11.3 Å². The average Bonchev–Trinajstić information content (AvgIpc) is 3.04. The summed E-state index contributed by atoms with van der Waals surface area (Å²) in [5, 5.41) is 0. The third-order valence-corrected chi connectivity index (χ3v) is 7.39. The first-order valence-corrected chi connectivity index (χ1v) is 13.0. The normalized spacial score (nSPS) is 16.1. The van der Waals surface area contributed by atoms with Gasteiger partial charge in [0.1, 0.15) is 5.69 Å². The Morgan fingerprint density at radius 1 is 0.829 bits per heavy atom. The first kappa shape index (κ1) is 25.3. The van der Waals surface area contributed by atoms with Crippen LogP contribution in [0.4, 0.5) is 17.2 Å². The predicted octanol–water partition coefficient (Wildman–Crippen LogP) is 7.79. The molecule has 0 radical (unpaired) electrons. The van der Waals surface area contributed by atoms with E-state index in [2.05, 4.69) is 139 Å². The van der Waals surface area contributed by atoms with Crippen molar-refractivity contribution >= 4 is 17.2 Å². The van der Waals surface area contributed by atoms with Crippen molar-refractivity contribution in [2.24, 2.45) is 12.5 Å². The van der Waals surface area contributed by atoms with Crippen molar-refractivity contribution in [1.82, 2.24) is 0 Å². The van der Waals surface area contributed by atoms with E-state index in [0.29, 0.717) is 0 Å². The summed E-state index contributed by atoms with van der Waals surface area (Å²) in [6, 6.07) is 18.2. The second-order valence-corrected chi connectivity index (χ2v) is 12.6. The lowest BCUT2D eigenvalue weighted by atomic mass is 9.87. The Morgan fingerprint density at radius 3 is 2.03 bits per heavy atom. The molecule has 2 aromatic carbocycles. The highest BCUT2D eigenvalue weighted by atomic mass is 15.5. The van der Waals surface area contributed by atoms with Gasteiger partial charge in [-0.05, 0) is 101 Å². The minimum absolute atomic E-state index is 0.0123. The smallest absolute Gasteiger partial charge is 0.284 e. The van der Waals surface area contributed by atoms with Gasteiger partial charge in [-0.2, -0.15) is 0 Å². The molecule has 0 N–H and O–H groups in total. The van der Waals surface area contributed by atoms with Gasteiger partial charge in [0.2, 0.25) is 0 Å². The van der Waals surface area contributed by atoms with Crippen LogP contribution in [0.15, 0.2) is 48.5 Å². The molecule has 0 unspecified atom stereocenters. The average molecular weight is 471 g/mol. The Labute approximate surface area is 213 Å². The topological polar surface area (TPSA) is 10.4 Å². The largest absolute Gasteiger partial charge is 0.325 e. The summed E-state index contributed by atoms with van der Waals surface area (Å²) in [6.07, 6.45) is 1.24. The number of fused-ring (bicyclic) bond motifs is 1. The van der Waals surface area contributed by atoms with Gasteiger partial charge in [-0.15, -0.1) is 0 Å². The fourth-order valence-electron chi connectivity index (χ4n) is 5.86. The predicted molar refractivity (Wildman–Crippen MR) is 151 cm³/mol. The molecule has 35 heavy (non-hydrogen) atoms. The Hall–Kier alpha value is -2.81. The van der Waals surface area contributed by atoms with Crippen molar-refractivity contribution in [3.05, 3.63) is 70.8 Å². The number of nitrogens with zero attached hydrogens (tertiary/aromatic N) is 3. The molecule has 1 aliphatic rings. The molecule has 1 aliphatic heterocycles. The van der Waals surface area contributed by atoms with Gasteiger partial charge in [0.05, 0.1) is 12.7 Å². The number of hydrogen-bond donors (Lipinski definition) is 0. The fraction of sp³-hybridized carbons (Fsp3) is 0.469. The summed E-state index contributed by atoms with van der Waals surface area (Å²) in [7, 11) is 2.24. The van der Waals surface area contributed by atoms with Crippen molar-refractivity contribution < 1.29 is 4.57 Å². The molecule has 0 saturated carbocycles. The van der Waals surface area contributed by atoms with E-state index in [1.165, 1.54) is 50.7 Å². The molecule has 0 bridgehead atoms. The van der Waals surface area contributed by atoms with E-state index >= 15 is 0 Å². The van der Waals surface area contributed by atoms with Crippen LogP contribution in [0.2, 0.25) is 0 Å². The summed E-state index contributed by atoms with van der Waals surface area (Å²) in [6.45, 7) is 23.0. The van der Waals surface area contributed by atoms with E-state index in [1.807, 2.05) is 0 Å². The highest BCUT2D eigenvalue weighted by molar-refractivity contribution is 5.83. The third kappa shape index (κ3) is 4.58. The van der Waals surface area contributed by atoms with Gasteiger partial charge in [-0.25, -0.2) is 9.47 Å². The lowest BCUT2D eigenvalue weighted by Crippen LogP contribution is -2.51. The maximum absolute atomic E-state index is 2.56. The SMILES string of the molecule is Cc1ccc(C)c(-c2cc(CC(C)(C)C)cc(N3c4ccccc4N(C(C)(C)C)[C@H]3C)[n+]2C)c1C. The van der Waals surface area contributed by atoms with Crippen molar-refractivity contribution in [1.29, 1.82) is 0 Å². The van der Waals surface area contributed by atoms with E-state index in [9.17, 15) is 0 Å². The molecule has 1 atom stereocenters. The van der Waals surface area contributed by atoms with Crippen LogP contribution >= 0.6 is 0 Å². The highest BCUT2D eigenvalue weighted by Crippen LogP contribution is 2.46. The van der Waals surface area contributed by atoms with Gasteiger partial charge in [-0.3, -0.25) is 0 Å². The number of benzene rings is 2. The number of anilines is 3. The summed E-state index contributed by atoms with van der Waals surface area (Å²) in [5.41, 5.74) is 10.9. The zero-order chi connectivity index (χ0) is 25.9. The van der Waals surface area contributed by atoms with Crippen LogP contribution in [-0.4, -0.2) is 11.7 Å². The number of hydrogen-bond acceptors (Lipinski definition) is 2. The van der Waals surface area contributed by atoms with Crippen LogP contribution in [-0.2, 0) is 13.5 Å². The van der Waals surface area contributed by atoms with Crippen LogP contribution in [0.1, 0.15) is 70.7 Å². The third-order valence-electron chi connectivity index (χ3n) is 7.39. The quantitative estimate of drug-likeness (QED) is 0.362. The van der Waals surface area contributed by atoms with Crippen LogP contribution < -0.4 is 14.4 Å². The highest BCUT2D eigenvalue weighted by Gasteiger charge is 2.45. The van der Waals surface area contributed by atoms with E-state index in [4.69, 9.17) is 0 Å². The molecule has 2 heterocycles. The molecule has 3 nitrogen and oxygen atoms in total. The van der Waals surface area contributed by atoms with Gasteiger partial charge in [-0.1, -0.05) is 45.0 Å². The molecule has 0 amide bonds. The van der Waals surface area contributed by atoms with Crippen LogP contribution in [0.5, 0.6) is 0 Å². The zero-order valence-corrected chi connectivity index (χ0v) is 23.7. The Morgan fingerprint density at radius 2 is 1.43 bits per heavy atom. The van der Waals surface area contributed by atoms with E-state index in [-0.39, 0.29) is 17.1 Å². The molecular weight excluding hydrogens is 426 g/mol. The standard InChI is InChI=1S/C32H44N3/c1-21-16-17-22(2)30(23(21)3)28-18-25(20-31(5,6)7)19-29(33(28)11)34-24(4)35(32(8,9)10)27-15-13-12-14-26(27)34/h12-19,24H,20H2,1-11H3/q+1/t24-/m0/s1. The van der Waals surface area contributed by atoms with E-state index < -0.39 is 0 Å². The number of para-hydroxylation sites is 2. The van der Waals surface area contributed by atoms with Crippen LogP contribution in [0.3, 0.4) is 0 Å². The van der Waals surface area contributed by atoms with Gasteiger partial charge in [0, 0.05) is 17.2 Å². The molecule has 3 heteroatoms. The van der Waals surface area contributed by atoms with Crippen molar-refractivity contribution in [2.45, 2.75) is 87.4 Å². The van der Waals surface area contributed by atoms with Gasteiger partial charge in [0.15, 0.2) is 11.9 Å². The molecule has 0 saturated heterocycles. The first-order valence-electron chi connectivity index (χ1n) is 13.0. The number of pyridine rings is 1. The zero-order valence-electron chi connectivity index (χ0n) is 23.7.